The molecule has 0 saturated heterocycles. The van der Waals surface area contributed by atoms with Crippen molar-refractivity contribution in [2.24, 2.45) is 5.73 Å². The summed E-state index contributed by atoms with van der Waals surface area (Å²) >= 11 is 0. The molecule has 2 aromatic rings. The van der Waals surface area contributed by atoms with Crippen LogP contribution in [0, 0.1) is 13.8 Å². The first-order valence-electron chi connectivity index (χ1n) is 5.28. The number of nitrogens with zero attached hydrogens (tertiary/aromatic N) is 2. The summed E-state index contributed by atoms with van der Waals surface area (Å²) in [4.78, 5) is 0. The molecule has 82 valence electrons. The highest BCUT2D eigenvalue weighted by atomic mass is 15.1. The van der Waals surface area contributed by atoms with E-state index in [2.05, 4.69) is 42.2 Å². The van der Waals surface area contributed by atoms with Crippen LogP contribution in [0.4, 0.5) is 0 Å². The Bertz CT molecular complexity index is 480. The van der Waals surface area contributed by atoms with Crippen LogP contribution >= 0.6 is 0 Å². The van der Waals surface area contributed by atoms with Crippen LogP contribution in [0.5, 0.6) is 0 Å². The van der Waals surface area contributed by atoms with E-state index in [-0.39, 0.29) is 6.04 Å². The summed E-state index contributed by atoms with van der Waals surface area (Å²) in [6.07, 6.45) is 3.38. The minimum absolute atomic E-state index is 0.129. The van der Waals surface area contributed by atoms with E-state index >= 15 is 0 Å². The Morgan fingerprint density at radius 2 is 1.94 bits per heavy atom. The minimum atomic E-state index is -0.129. The van der Waals surface area contributed by atoms with Gasteiger partial charge in [-0.2, -0.15) is 10.2 Å². The molecule has 1 heterocycles. The predicted octanol–water partition coefficient (Wildman–Crippen LogP) is 2.14. The Morgan fingerprint density at radius 3 is 2.56 bits per heavy atom. The molecule has 0 aliphatic heterocycles. The van der Waals surface area contributed by atoms with Gasteiger partial charge in [-0.25, -0.2) is 0 Å². The lowest BCUT2D eigenvalue weighted by molar-refractivity contribution is 0.837. The van der Waals surface area contributed by atoms with Gasteiger partial charge < -0.3 is 5.73 Å². The van der Waals surface area contributed by atoms with E-state index in [4.69, 9.17) is 5.73 Å². The number of hydrogen-bond acceptors (Lipinski definition) is 3. The van der Waals surface area contributed by atoms with Crippen LogP contribution in [0.3, 0.4) is 0 Å². The SMILES string of the molecule is Cc1ccc(C(N)c2ccnnc2)c(C)c1. The second kappa shape index (κ2) is 4.41. The molecule has 3 heteroatoms. The zero-order valence-electron chi connectivity index (χ0n) is 9.51. The fourth-order valence-corrected chi connectivity index (χ4v) is 1.84. The zero-order valence-corrected chi connectivity index (χ0v) is 9.51. The molecule has 0 saturated carbocycles. The molecular weight excluding hydrogens is 198 g/mol. The molecule has 0 aliphatic rings. The van der Waals surface area contributed by atoms with E-state index in [0.29, 0.717) is 0 Å². The van der Waals surface area contributed by atoms with Crippen LogP contribution in [-0.4, -0.2) is 10.2 Å². The topological polar surface area (TPSA) is 51.8 Å². The Morgan fingerprint density at radius 1 is 1.12 bits per heavy atom. The Labute approximate surface area is 95.3 Å². The summed E-state index contributed by atoms with van der Waals surface area (Å²) in [5, 5.41) is 7.60. The second-order valence-electron chi connectivity index (χ2n) is 4.01. The molecule has 0 amide bonds. The molecule has 0 bridgehead atoms. The van der Waals surface area contributed by atoms with Gasteiger partial charge in [0.25, 0.3) is 0 Å². The van der Waals surface area contributed by atoms with Crippen molar-refractivity contribution in [3.63, 3.8) is 0 Å². The van der Waals surface area contributed by atoms with E-state index in [1.54, 1.807) is 12.4 Å². The fraction of sp³-hybridized carbons (Fsp3) is 0.231. The number of nitrogens with two attached hydrogens (primary N) is 1. The van der Waals surface area contributed by atoms with Crippen LogP contribution in [0.1, 0.15) is 28.3 Å². The van der Waals surface area contributed by atoms with Crippen molar-refractivity contribution in [1.29, 1.82) is 0 Å². The lowest BCUT2D eigenvalue weighted by Gasteiger charge is -2.14. The summed E-state index contributed by atoms with van der Waals surface area (Å²) in [6.45, 7) is 4.16. The number of hydrogen-bond donors (Lipinski definition) is 1. The molecule has 1 unspecified atom stereocenters. The molecule has 0 spiro atoms. The molecule has 0 fully saturated rings. The van der Waals surface area contributed by atoms with Crippen molar-refractivity contribution in [1.82, 2.24) is 10.2 Å². The van der Waals surface area contributed by atoms with Gasteiger partial charge >= 0.3 is 0 Å². The molecule has 1 aromatic carbocycles. The third-order valence-electron chi connectivity index (χ3n) is 2.73. The maximum Gasteiger partial charge on any atom is 0.0570 e. The third-order valence-corrected chi connectivity index (χ3v) is 2.73. The summed E-state index contributed by atoms with van der Waals surface area (Å²) in [5.74, 6) is 0. The predicted molar refractivity (Wildman–Crippen MR) is 64.0 cm³/mol. The van der Waals surface area contributed by atoms with E-state index in [0.717, 1.165) is 11.1 Å². The first-order chi connectivity index (χ1) is 7.68. The maximum atomic E-state index is 6.20. The molecule has 2 rings (SSSR count). The van der Waals surface area contributed by atoms with E-state index in [9.17, 15) is 0 Å². The van der Waals surface area contributed by atoms with Crippen LogP contribution < -0.4 is 5.73 Å². The molecule has 3 nitrogen and oxygen atoms in total. The summed E-state index contributed by atoms with van der Waals surface area (Å²) < 4.78 is 0. The molecule has 0 aliphatic carbocycles. The van der Waals surface area contributed by atoms with Gasteiger partial charge in [-0.1, -0.05) is 23.8 Å². The van der Waals surface area contributed by atoms with Gasteiger partial charge in [-0.15, -0.1) is 0 Å². The highest BCUT2D eigenvalue weighted by Gasteiger charge is 2.11. The summed E-state index contributed by atoms with van der Waals surface area (Å²) in [5.41, 5.74) is 10.8. The Kier molecular flexibility index (Phi) is 2.97. The van der Waals surface area contributed by atoms with Gasteiger partial charge in [-0.05, 0) is 36.6 Å². The number of aromatic nitrogens is 2. The van der Waals surface area contributed by atoms with Crippen molar-refractivity contribution in [3.05, 3.63) is 58.9 Å². The number of benzene rings is 1. The van der Waals surface area contributed by atoms with Gasteiger partial charge in [0.1, 0.15) is 0 Å². The molecular formula is C13H15N3. The van der Waals surface area contributed by atoms with E-state index < -0.39 is 0 Å². The van der Waals surface area contributed by atoms with Crippen LogP contribution in [0.2, 0.25) is 0 Å². The van der Waals surface area contributed by atoms with E-state index in [1.807, 2.05) is 6.07 Å². The van der Waals surface area contributed by atoms with Crippen molar-refractivity contribution in [2.45, 2.75) is 19.9 Å². The molecule has 16 heavy (non-hydrogen) atoms. The fourth-order valence-electron chi connectivity index (χ4n) is 1.84. The number of rotatable bonds is 2. The van der Waals surface area contributed by atoms with Crippen LogP contribution in [0.25, 0.3) is 0 Å². The maximum absolute atomic E-state index is 6.20. The quantitative estimate of drug-likeness (QED) is 0.831. The second-order valence-corrected chi connectivity index (χ2v) is 4.01. The smallest absolute Gasteiger partial charge is 0.0570 e. The Hall–Kier alpha value is -1.74. The molecule has 0 radical (unpaired) electrons. The van der Waals surface area contributed by atoms with Crippen molar-refractivity contribution >= 4 is 0 Å². The Balaban J connectivity index is 2.38. The zero-order chi connectivity index (χ0) is 11.5. The van der Waals surface area contributed by atoms with Crippen molar-refractivity contribution in [2.75, 3.05) is 0 Å². The van der Waals surface area contributed by atoms with Gasteiger partial charge in [0.15, 0.2) is 0 Å². The lowest BCUT2D eigenvalue weighted by atomic mass is 9.96. The molecule has 2 N–H and O–H groups in total. The summed E-state index contributed by atoms with van der Waals surface area (Å²) in [7, 11) is 0. The third kappa shape index (κ3) is 2.09. The van der Waals surface area contributed by atoms with Gasteiger partial charge in [0, 0.05) is 6.20 Å². The average Bonchev–Trinajstić information content (AvgIpc) is 2.29. The van der Waals surface area contributed by atoms with Gasteiger partial charge in [0.2, 0.25) is 0 Å². The lowest BCUT2D eigenvalue weighted by Crippen LogP contribution is -2.13. The van der Waals surface area contributed by atoms with Crippen molar-refractivity contribution in [3.8, 4) is 0 Å². The van der Waals surface area contributed by atoms with Gasteiger partial charge in [0.05, 0.1) is 12.2 Å². The molecule has 1 atom stereocenters. The monoisotopic (exact) mass is 213 g/mol. The number of aryl methyl sites for hydroxylation is 2. The standard InChI is InChI=1S/C13H15N3/c1-9-3-4-12(10(2)7-9)13(14)11-5-6-15-16-8-11/h3-8,13H,14H2,1-2H3. The van der Waals surface area contributed by atoms with Crippen molar-refractivity contribution < 1.29 is 0 Å². The van der Waals surface area contributed by atoms with Gasteiger partial charge in [-0.3, -0.25) is 0 Å². The first-order valence-corrected chi connectivity index (χ1v) is 5.28. The summed E-state index contributed by atoms with van der Waals surface area (Å²) in [6, 6.07) is 8.07. The van der Waals surface area contributed by atoms with Crippen LogP contribution in [0.15, 0.2) is 36.7 Å². The molecule has 1 aromatic heterocycles. The first kappa shape index (κ1) is 10.8. The highest BCUT2D eigenvalue weighted by molar-refractivity contribution is 5.37. The highest BCUT2D eigenvalue weighted by Crippen LogP contribution is 2.22. The van der Waals surface area contributed by atoms with Crippen LogP contribution in [-0.2, 0) is 0 Å². The normalized spacial score (nSPS) is 12.4. The largest absolute Gasteiger partial charge is 0.320 e. The van der Waals surface area contributed by atoms with E-state index in [1.165, 1.54) is 11.1 Å². The average molecular weight is 213 g/mol. The minimum Gasteiger partial charge on any atom is -0.320 e.